The Morgan fingerprint density at radius 3 is 2.77 bits per heavy atom. The molecular weight excluding hydrogens is 171 g/mol. The number of hydrogen-bond acceptors (Lipinski definition) is 2. The van der Waals surface area contributed by atoms with E-state index in [2.05, 4.69) is 0 Å². The third-order valence-corrected chi connectivity index (χ3v) is 2.52. The SMILES string of the molecule is OC1(O)c2ccccc2CC[C@H]1F. The van der Waals surface area contributed by atoms with Crippen LogP contribution in [0, 0.1) is 0 Å². The maximum atomic E-state index is 13.1. The smallest absolute Gasteiger partial charge is 0.222 e. The molecule has 0 aromatic heterocycles. The summed E-state index contributed by atoms with van der Waals surface area (Å²) in [4.78, 5) is 0. The van der Waals surface area contributed by atoms with Crippen molar-refractivity contribution < 1.29 is 14.6 Å². The number of aryl methyl sites for hydroxylation is 1. The van der Waals surface area contributed by atoms with E-state index < -0.39 is 12.0 Å². The van der Waals surface area contributed by atoms with Gasteiger partial charge in [-0.25, -0.2) is 4.39 Å². The predicted octanol–water partition coefficient (Wildman–Crippen LogP) is 1.11. The van der Waals surface area contributed by atoms with Gasteiger partial charge in [-0.15, -0.1) is 0 Å². The molecule has 0 aliphatic heterocycles. The van der Waals surface area contributed by atoms with Crippen molar-refractivity contribution in [2.45, 2.75) is 24.8 Å². The third-order valence-electron chi connectivity index (χ3n) is 2.52. The van der Waals surface area contributed by atoms with E-state index in [1.807, 2.05) is 6.07 Å². The Balaban J connectivity index is 2.52. The van der Waals surface area contributed by atoms with Crippen molar-refractivity contribution in [1.29, 1.82) is 0 Å². The number of halogens is 1. The first-order valence-corrected chi connectivity index (χ1v) is 4.29. The van der Waals surface area contributed by atoms with E-state index in [1.165, 1.54) is 0 Å². The third kappa shape index (κ3) is 1.24. The lowest BCUT2D eigenvalue weighted by molar-refractivity contribution is -0.220. The summed E-state index contributed by atoms with van der Waals surface area (Å²) in [6, 6.07) is 6.84. The lowest BCUT2D eigenvalue weighted by Crippen LogP contribution is -2.40. The molecule has 13 heavy (non-hydrogen) atoms. The number of rotatable bonds is 0. The summed E-state index contributed by atoms with van der Waals surface area (Å²) in [5.74, 6) is -2.30. The van der Waals surface area contributed by atoms with Crippen LogP contribution in [0.4, 0.5) is 4.39 Å². The van der Waals surface area contributed by atoms with E-state index in [0.717, 1.165) is 5.56 Å². The predicted molar refractivity (Wildman–Crippen MR) is 45.8 cm³/mol. The van der Waals surface area contributed by atoms with Crippen molar-refractivity contribution in [3.8, 4) is 0 Å². The van der Waals surface area contributed by atoms with Gasteiger partial charge in [0.2, 0.25) is 5.79 Å². The molecule has 0 saturated carbocycles. The van der Waals surface area contributed by atoms with Crippen LogP contribution in [0.5, 0.6) is 0 Å². The standard InChI is InChI=1S/C10H11FO2/c11-9-6-5-7-3-1-2-4-8(7)10(9,12)13/h1-4,9,12-13H,5-6H2/t9-/m1/s1. The van der Waals surface area contributed by atoms with Crippen molar-refractivity contribution in [3.63, 3.8) is 0 Å². The average Bonchev–Trinajstić information content (AvgIpc) is 2.13. The van der Waals surface area contributed by atoms with Gasteiger partial charge in [-0.05, 0) is 18.4 Å². The first-order valence-electron chi connectivity index (χ1n) is 4.29. The molecule has 0 bridgehead atoms. The molecule has 2 N–H and O–H groups in total. The Hall–Kier alpha value is -0.930. The van der Waals surface area contributed by atoms with Gasteiger partial charge in [0.1, 0.15) is 0 Å². The van der Waals surface area contributed by atoms with E-state index >= 15 is 0 Å². The van der Waals surface area contributed by atoms with Gasteiger partial charge in [0, 0.05) is 5.56 Å². The molecule has 1 aliphatic carbocycles. The first kappa shape index (κ1) is 8.66. The Morgan fingerprint density at radius 1 is 1.31 bits per heavy atom. The monoisotopic (exact) mass is 182 g/mol. The Labute approximate surface area is 75.6 Å². The van der Waals surface area contributed by atoms with Crippen LogP contribution in [0.2, 0.25) is 0 Å². The van der Waals surface area contributed by atoms with Gasteiger partial charge in [0.05, 0.1) is 0 Å². The lowest BCUT2D eigenvalue weighted by Gasteiger charge is -2.32. The number of hydrogen-bond donors (Lipinski definition) is 2. The van der Waals surface area contributed by atoms with Gasteiger partial charge in [-0.1, -0.05) is 24.3 Å². The molecule has 1 atom stereocenters. The number of fused-ring (bicyclic) bond motifs is 1. The minimum Gasteiger partial charge on any atom is -0.360 e. The lowest BCUT2D eigenvalue weighted by atomic mass is 9.85. The normalized spacial score (nSPS) is 25.3. The highest BCUT2D eigenvalue weighted by Gasteiger charge is 2.41. The molecule has 1 aromatic carbocycles. The minimum atomic E-state index is -2.30. The second-order valence-electron chi connectivity index (χ2n) is 3.39. The number of aliphatic hydroxyl groups is 2. The summed E-state index contributed by atoms with van der Waals surface area (Å²) in [7, 11) is 0. The fraction of sp³-hybridized carbons (Fsp3) is 0.400. The molecule has 0 radical (unpaired) electrons. The zero-order valence-corrected chi connectivity index (χ0v) is 7.07. The van der Waals surface area contributed by atoms with Crippen LogP contribution in [-0.2, 0) is 12.2 Å². The van der Waals surface area contributed by atoms with Gasteiger partial charge < -0.3 is 10.2 Å². The second kappa shape index (κ2) is 2.79. The summed E-state index contributed by atoms with van der Waals surface area (Å²) in [6.45, 7) is 0. The van der Waals surface area contributed by atoms with E-state index in [1.54, 1.807) is 18.2 Å². The maximum Gasteiger partial charge on any atom is 0.222 e. The molecule has 0 fully saturated rings. The summed E-state index contributed by atoms with van der Waals surface area (Å²) >= 11 is 0. The molecule has 2 nitrogen and oxygen atoms in total. The first-order chi connectivity index (χ1) is 6.12. The van der Waals surface area contributed by atoms with Crippen molar-refractivity contribution in [2.24, 2.45) is 0 Å². The van der Waals surface area contributed by atoms with Crippen molar-refractivity contribution >= 4 is 0 Å². The summed E-state index contributed by atoms with van der Waals surface area (Å²) < 4.78 is 13.1. The topological polar surface area (TPSA) is 40.5 Å². The van der Waals surface area contributed by atoms with E-state index in [9.17, 15) is 14.6 Å². The summed E-state index contributed by atoms with van der Waals surface area (Å²) in [5, 5.41) is 19.0. The second-order valence-corrected chi connectivity index (χ2v) is 3.39. The molecule has 2 rings (SSSR count). The van der Waals surface area contributed by atoms with Crippen molar-refractivity contribution in [1.82, 2.24) is 0 Å². The maximum absolute atomic E-state index is 13.1. The zero-order chi connectivity index (χ0) is 9.47. The van der Waals surface area contributed by atoms with Crippen LogP contribution in [0.25, 0.3) is 0 Å². The largest absolute Gasteiger partial charge is 0.360 e. The average molecular weight is 182 g/mol. The zero-order valence-electron chi connectivity index (χ0n) is 7.07. The fourth-order valence-electron chi connectivity index (χ4n) is 1.75. The molecule has 70 valence electrons. The molecular formula is C10H11FO2. The van der Waals surface area contributed by atoms with Crippen LogP contribution in [0.1, 0.15) is 17.5 Å². The highest BCUT2D eigenvalue weighted by atomic mass is 19.1. The Kier molecular flexibility index (Phi) is 1.86. The quantitative estimate of drug-likeness (QED) is 0.590. The van der Waals surface area contributed by atoms with Gasteiger partial charge in [-0.3, -0.25) is 0 Å². The van der Waals surface area contributed by atoms with Crippen LogP contribution >= 0.6 is 0 Å². The van der Waals surface area contributed by atoms with Crippen molar-refractivity contribution in [2.75, 3.05) is 0 Å². The Bertz CT molecular complexity index is 322. The van der Waals surface area contributed by atoms with Crippen molar-refractivity contribution in [3.05, 3.63) is 35.4 Å². The van der Waals surface area contributed by atoms with Crippen LogP contribution < -0.4 is 0 Å². The van der Waals surface area contributed by atoms with Crippen LogP contribution in [-0.4, -0.2) is 16.4 Å². The van der Waals surface area contributed by atoms with E-state index in [-0.39, 0.29) is 6.42 Å². The van der Waals surface area contributed by atoms with Crippen LogP contribution in [0.15, 0.2) is 24.3 Å². The highest BCUT2D eigenvalue weighted by molar-refractivity contribution is 5.34. The molecule has 0 amide bonds. The Morgan fingerprint density at radius 2 is 2.00 bits per heavy atom. The van der Waals surface area contributed by atoms with E-state index in [4.69, 9.17) is 0 Å². The summed E-state index contributed by atoms with van der Waals surface area (Å²) in [6.07, 6.45) is -0.841. The number of benzene rings is 1. The van der Waals surface area contributed by atoms with Gasteiger partial charge in [-0.2, -0.15) is 0 Å². The highest BCUT2D eigenvalue weighted by Crippen LogP contribution is 2.34. The molecule has 0 heterocycles. The fourth-order valence-corrected chi connectivity index (χ4v) is 1.75. The number of alkyl halides is 1. The molecule has 0 spiro atoms. The summed E-state index contributed by atoms with van der Waals surface area (Å²) in [5.41, 5.74) is 1.12. The minimum absolute atomic E-state index is 0.171. The molecule has 0 saturated heterocycles. The van der Waals surface area contributed by atoms with Crippen LogP contribution in [0.3, 0.4) is 0 Å². The molecule has 3 heteroatoms. The van der Waals surface area contributed by atoms with Gasteiger partial charge in [0.15, 0.2) is 6.17 Å². The molecule has 0 unspecified atom stereocenters. The molecule has 1 aromatic rings. The van der Waals surface area contributed by atoms with Gasteiger partial charge in [0.25, 0.3) is 0 Å². The van der Waals surface area contributed by atoms with E-state index in [0.29, 0.717) is 12.0 Å². The van der Waals surface area contributed by atoms with Gasteiger partial charge >= 0.3 is 0 Å². The molecule has 1 aliphatic rings.